The predicted molar refractivity (Wildman–Crippen MR) is 49.4 cm³/mol. The predicted octanol–water partition coefficient (Wildman–Crippen LogP) is -3.29. The minimum Gasteiger partial charge on any atom is -0.626 e. The molecule has 7 nitrogen and oxygen atoms in total. The maximum atomic E-state index is 11.7. The maximum absolute atomic E-state index is 11.7. The van der Waals surface area contributed by atoms with Gasteiger partial charge in [-0.25, -0.2) is 0 Å². The highest BCUT2D eigenvalue weighted by molar-refractivity contribution is 5.99. The quantitative estimate of drug-likeness (QED) is 0.268. The van der Waals surface area contributed by atoms with Crippen molar-refractivity contribution in [2.45, 2.75) is 5.79 Å². The summed E-state index contributed by atoms with van der Waals surface area (Å²) >= 11 is 0. The average molecular weight is 213 g/mol. The number of hydroxylamine groups is 3. The summed E-state index contributed by atoms with van der Waals surface area (Å²) in [6.45, 7) is 0. The molecule has 0 spiro atoms. The van der Waals surface area contributed by atoms with Crippen LogP contribution in [0.4, 0.5) is 0 Å². The zero-order chi connectivity index (χ0) is 11.3. The number of nitrogens with two attached hydrogens (primary N) is 3. The molecule has 0 bridgehead atoms. The number of ketones is 1. The number of Topliss-reactive ketones (excluding diaryl/α,β-unsaturated/α-hetero) is 1. The Kier molecular flexibility index (Phi) is 3.86. The van der Waals surface area contributed by atoms with E-state index in [1.807, 2.05) is 0 Å². The number of benzene rings is 1. The Hall–Kier alpha value is -1.35. The van der Waals surface area contributed by atoms with Gasteiger partial charge in [-0.1, -0.05) is 30.3 Å². The molecule has 0 saturated carbocycles. The van der Waals surface area contributed by atoms with Crippen LogP contribution in [0.15, 0.2) is 30.3 Å². The fraction of sp³-hybridized carbons (Fsp3) is 0.125. The van der Waals surface area contributed by atoms with Gasteiger partial charge in [0, 0.05) is 5.56 Å². The lowest BCUT2D eigenvalue weighted by Crippen LogP contribution is -3.34. The SMILES string of the molecule is O=C(c1ccccc1)C([NH2+][O-])([NH2+][O-])[NH2+][O-]. The third-order valence-electron chi connectivity index (χ3n) is 2.01. The molecule has 82 valence electrons. The van der Waals surface area contributed by atoms with E-state index in [-0.39, 0.29) is 22.0 Å². The van der Waals surface area contributed by atoms with Crippen LogP contribution in [0.25, 0.3) is 0 Å². The van der Waals surface area contributed by atoms with Crippen LogP contribution < -0.4 is 16.4 Å². The van der Waals surface area contributed by atoms with E-state index in [2.05, 4.69) is 0 Å². The Balaban J connectivity index is 3.01. The summed E-state index contributed by atoms with van der Waals surface area (Å²) in [5, 5.41) is 31.9. The number of carbonyl (C=O) groups excluding carboxylic acids is 1. The number of hydrogen-bond donors (Lipinski definition) is 3. The molecule has 0 aliphatic carbocycles. The van der Waals surface area contributed by atoms with Crippen LogP contribution >= 0.6 is 0 Å². The topological polar surface area (TPSA) is 136 Å². The van der Waals surface area contributed by atoms with Gasteiger partial charge in [0.05, 0.1) is 0 Å². The van der Waals surface area contributed by atoms with Gasteiger partial charge in [-0.2, -0.15) is 0 Å². The van der Waals surface area contributed by atoms with Crippen molar-refractivity contribution in [3.05, 3.63) is 51.5 Å². The van der Waals surface area contributed by atoms with Crippen molar-refractivity contribution in [3.8, 4) is 0 Å². The molecule has 7 heteroatoms. The lowest BCUT2D eigenvalue weighted by atomic mass is 10.1. The number of rotatable bonds is 5. The fourth-order valence-corrected chi connectivity index (χ4v) is 1.08. The monoisotopic (exact) mass is 213 g/mol. The summed E-state index contributed by atoms with van der Waals surface area (Å²) in [5.74, 6) is -3.00. The molecule has 6 N–H and O–H groups in total. The summed E-state index contributed by atoms with van der Waals surface area (Å²) in [6.07, 6.45) is 0. The number of hydrogen-bond acceptors (Lipinski definition) is 4. The molecule has 15 heavy (non-hydrogen) atoms. The van der Waals surface area contributed by atoms with Crippen molar-refractivity contribution >= 4 is 5.78 Å². The van der Waals surface area contributed by atoms with E-state index in [1.165, 1.54) is 12.1 Å². The van der Waals surface area contributed by atoms with Crippen molar-refractivity contribution in [2.24, 2.45) is 0 Å². The summed E-state index contributed by atoms with van der Waals surface area (Å²) in [7, 11) is 0. The molecule has 0 unspecified atom stereocenters. The first-order valence-electron chi connectivity index (χ1n) is 4.19. The van der Waals surface area contributed by atoms with Crippen LogP contribution in [0, 0.1) is 15.6 Å². The molecule has 0 aromatic heterocycles. The summed E-state index contributed by atoms with van der Waals surface area (Å²) < 4.78 is 0. The second-order valence-corrected chi connectivity index (χ2v) is 2.98. The summed E-state index contributed by atoms with van der Waals surface area (Å²) in [5.41, 5.74) is 0.330. The van der Waals surface area contributed by atoms with E-state index in [0.29, 0.717) is 0 Å². The zero-order valence-electron chi connectivity index (χ0n) is 7.75. The molecule has 0 fully saturated rings. The smallest absolute Gasteiger partial charge is 0.407 e. The normalized spacial score (nSPS) is 11.4. The van der Waals surface area contributed by atoms with E-state index in [4.69, 9.17) is 0 Å². The van der Waals surface area contributed by atoms with E-state index < -0.39 is 11.6 Å². The van der Waals surface area contributed by atoms with Gasteiger partial charge in [0.2, 0.25) is 0 Å². The van der Waals surface area contributed by atoms with E-state index >= 15 is 0 Å². The van der Waals surface area contributed by atoms with Crippen LogP contribution in [0.5, 0.6) is 0 Å². The van der Waals surface area contributed by atoms with Crippen molar-refractivity contribution in [3.63, 3.8) is 0 Å². The zero-order valence-corrected chi connectivity index (χ0v) is 7.75. The van der Waals surface area contributed by atoms with Gasteiger partial charge in [-0.15, -0.1) is 0 Å². The highest BCUT2D eigenvalue weighted by Gasteiger charge is 2.43. The van der Waals surface area contributed by atoms with Gasteiger partial charge in [-0.05, 0) is 0 Å². The standard InChI is InChI=1S/C8H11N3O4/c12-7(6-4-2-1-3-5-6)8(9-13,10-14)11-15/h1-5H,9-11H2. The van der Waals surface area contributed by atoms with Crippen molar-refractivity contribution in [1.82, 2.24) is 0 Å². The fourth-order valence-electron chi connectivity index (χ4n) is 1.08. The molecule has 0 saturated heterocycles. The Labute approximate surface area is 85.2 Å². The second kappa shape index (κ2) is 4.94. The summed E-state index contributed by atoms with van der Waals surface area (Å²) in [6, 6.07) is 7.72. The van der Waals surface area contributed by atoms with E-state index in [9.17, 15) is 20.4 Å². The average Bonchev–Trinajstić information content (AvgIpc) is 2.33. The molecule has 1 aromatic carbocycles. The van der Waals surface area contributed by atoms with Gasteiger partial charge < -0.3 is 15.6 Å². The number of carbonyl (C=O) groups is 1. The van der Waals surface area contributed by atoms with Gasteiger partial charge in [0.25, 0.3) is 0 Å². The maximum Gasteiger partial charge on any atom is 0.407 e. The van der Waals surface area contributed by atoms with Crippen LogP contribution in [-0.4, -0.2) is 11.6 Å². The van der Waals surface area contributed by atoms with Crippen molar-refractivity contribution in [2.75, 3.05) is 0 Å². The molecule has 0 atom stereocenters. The molecule has 1 aromatic rings. The second-order valence-electron chi connectivity index (χ2n) is 2.98. The highest BCUT2D eigenvalue weighted by Crippen LogP contribution is 2.01. The molecular formula is C8H11N3O4. The van der Waals surface area contributed by atoms with Crippen LogP contribution in [0.2, 0.25) is 0 Å². The molecule has 1 rings (SSSR count). The Morgan fingerprint density at radius 1 is 1.00 bits per heavy atom. The van der Waals surface area contributed by atoms with Gasteiger partial charge in [-0.3, -0.25) is 21.2 Å². The highest BCUT2D eigenvalue weighted by atomic mass is 16.6. The van der Waals surface area contributed by atoms with Gasteiger partial charge >= 0.3 is 11.6 Å². The minimum atomic E-state index is -2.19. The van der Waals surface area contributed by atoms with E-state index in [0.717, 1.165) is 0 Å². The Morgan fingerprint density at radius 2 is 1.47 bits per heavy atom. The van der Waals surface area contributed by atoms with E-state index in [1.54, 1.807) is 18.2 Å². The Morgan fingerprint density at radius 3 is 1.87 bits per heavy atom. The first kappa shape index (κ1) is 11.7. The third-order valence-corrected chi connectivity index (χ3v) is 2.01. The molecule has 0 aliphatic rings. The molecule has 0 radical (unpaired) electrons. The largest absolute Gasteiger partial charge is 0.626 e. The third kappa shape index (κ3) is 2.18. The first-order chi connectivity index (χ1) is 7.20. The number of quaternary nitrogens is 3. The first-order valence-corrected chi connectivity index (χ1v) is 4.19. The van der Waals surface area contributed by atoms with Crippen LogP contribution in [-0.2, 0) is 0 Å². The molecule has 0 amide bonds. The van der Waals surface area contributed by atoms with Crippen molar-refractivity contribution < 1.29 is 21.2 Å². The Bertz CT molecular complexity index is 318. The minimum absolute atomic E-state index is 0.0579. The summed E-state index contributed by atoms with van der Waals surface area (Å²) in [4.78, 5) is 11.7. The van der Waals surface area contributed by atoms with Crippen molar-refractivity contribution in [1.29, 1.82) is 0 Å². The molecule has 0 heterocycles. The van der Waals surface area contributed by atoms with Gasteiger partial charge in [0.15, 0.2) is 0 Å². The van der Waals surface area contributed by atoms with Gasteiger partial charge in [0.1, 0.15) is 0 Å². The molecule has 0 aliphatic heterocycles. The lowest BCUT2D eigenvalue weighted by Gasteiger charge is -2.29. The lowest BCUT2D eigenvalue weighted by molar-refractivity contribution is -1.06. The van der Waals surface area contributed by atoms with Crippen LogP contribution in [0.3, 0.4) is 0 Å². The van der Waals surface area contributed by atoms with Crippen LogP contribution in [0.1, 0.15) is 10.4 Å². The molecular weight excluding hydrogens is 202 g/mol.